The van der Waals surface area contributed by atoms with Gasteiger partial charge in [-0.25, -0.2) is 0 Å². The highest BCUT2D eigenvalue weighted by molar-refractivity contribution is 4.51. The van der Waals surface area contributed by atoms with Gasteiger partial charge in [0.1, 0.15) is 0 Å². The summed E-state index contributed by atoms with van der Waals surface area (Å²) in [6.07, 6.45) is 7.14. The summed E-state index contributed by atoms with van der Waals surface area (Å²) in [5.41, 5.74) is 0. The number of hydrogen-bond donors (Lipinski definition) is 0. The predicted octanol–water partition coefficient (Wildman–Crippen LogP) is -0.579. The molecule has 1 heterocycles. The molecule has 12 heavy (non-hydrogen) atoms. The van der Waals surface area contributed by atoms with Crippen LogP contribution in [0.4, 0.5) is 0 Å². The van der Waals surface area contributed by atoms with Gasteiger partial charge in [0.2, 0.25) is 0 Å². The summed E-state index contributed by atoms with van der Waals surface area (Å²) in [5, 5.41) is 0. The molecule has 1 nitrogen and oxygen atoms in total. The number of hydrogen-bond acceptors (Lipinski definition) is 0. The monoisotopic (exact) mass is 175 g/mol. The van der Waals surface area contributed by atoms with Gasteiger partial charge in [-0.05, 0) is 12.8 Å². The molecule has 0 N–H and O–H groups in total. The van der Waals surface area contributed by atoms with Crippen LogP contribution in [0.25, 0.3) is 0 Å². The van der Waals surface area contributed by atoms with Crippen molar-refractivity contribution in [2.45, 2.75) is 39.0 Å². The van der Waals surface area contributed by atoms with Crippen LogP contribution in [-0.4, -0.2) is 31.2 Å². The minimum atomic E-state index is 0. The Morgan fingerprint density at radius 1 is 1.08 bits per heavy atom. The van der Waals surface area contributed by atoms with Crippen LogP contribution < -0.4 is 4.70 Å². The quantitative estimate of drug-likeness (QED) is 0.396. The van der Waals surface area contributed by atoms with Gasteiger partial charge in [-0.15, -0.1) is 0 Å². The summed E-state index contributed by atoms with van der Waals surface area (Å²) in [6.45, 7) is 6.57. The number of likely N-dealkylation sites (tertiary alicyclic amines) is 1. The summed E-state index contributed by atoms with van der Waals surface area (Å²) < 4.78 is 1.36. The molecule has 0 spiro atoms. The predicted molar refractivity (Wildman–Crippen MR) is 49.5 cm³/mol. The molecule has 0 aromatic rings. The van der Waals surface area contributed by atoms with Gasteiger partial charge in [0.15, 0.2) is 0 Å². The fourth-order valence-corrected chi connectivity index (χ4v) is 2.07. The third kappa shape index (κ3) is 3.53. The third-order valence-corrected chi connectivity index (χ3v) is 2.95. The SMILES string of the molecule is CCCCC[N+]1(C)CCCC1.[F-]. The van der Waals surface area contributed by atoms with Gasteiger partial charge in [0.25, 0.3) is 0 Å². The van der Waals surface area contributed by atoms with E-state index >= 15 is 0 Å². The lowest BCUT2D eigenvalue weighted by molar-refractivity contribution is -0.897. The standard InChI is InChI=1S/C10H22N.FH/c1-3-4-5-8-11(2)9-6-7-10-11;/h3-10H2,1-2H3;1H/q+1;/p-1. The first-order chi connectivity index (χ1) is 5.27. The number of nitrogens with zero attached hydrogens (tertiary/aromatic N) is 1. The molecule has 1 rings (SSSR count). The molecule has 74 valence electrons. The van der Waals surface area contributed by atoms with E-state index in [-0.39, 0.29) is 4.70 Å². The lowest BCUT2D eigenvalue weighted by atomic mass is 10.2. The van der Waals surface area contributed by atoms with Crippen molar-refractivity contribution in [3.63, 3.8) is 0 Å². The Labute approximate surface area is 75.7 Å². The van der Waals surface area contributed by atoms with Crippen molar-refractivity contribution in [2.75, 3.05) is 26.7 Å². The minimum absolute atomic E-state index is 0. The molecule has 1 aliphatic rings. The van der Waals surface area contributed by atoms with E-state index in [1.165, 1.54) is 56.2 Å². The zero-order valence-electron chi connectivity index (χ0n) is 8.48. The van der Waals surface area contributed by atoms with Crippen LogP contribution in [0, 0.1) is 0 Å². The van der Waals surface area contributed by atoms with Crippen LogP contribution in [0.15, 0.2) is 0 Å². The van der Waals surface area contributed by atoms with Crippen molar-refractivity contribution in [3.05, 3.63) is 0 Å². The van der Waals surface area contributed by atoms with Crippen LogP contribution >= 0.6 is 0 Å². The summed E-state index contributed by atoms with van der Waals surface area (Å²) in [4.78, 5) is 0. The van der Waals surface area contributed by atoms with Gasteiger partial charge in [0.05, 0.1) is 26.7 Å². The van der Waals surface area contributed by atoms with E-state index in [0.717, 1.165) is 0 Å². The second-order valence-corrected chi connectivity index (χ2v) is 4.20. The van der Waals surface area contributed by atoms with Gasteiger partial charge < -0.3 is 9.19 Å². The van der Waals surface area contributed by atoms with Crippen LogP contribution in [0.2, 0.25) is 0 Å². The van der Waals surface area contributed by atoms with Gasteiger partial charge in [-0.1, -0.05) is 13.3 Å². The van der Waals surface area contributed by atoms with Gasteiger partial charge in [-0.2, -0.15) is 0 Å². The first-order valence-electron chi connectivity index (χ1n) is 5.10. The van der Waals surface area contributed by atoms with Crippen molar-refractivity contribution in [1.82, 2.24) is 0 Å². The highest BCUT2D eigenvalue weighted by Crippen LogP contribution is 2.17. The van der Waals surface area contributed by atoms with E-state index in [1.54, 1.807) is 0 Å². The molecule has 0 bridgehead atoms. The van der Waals surface area contributed by atoms with Crippen LogP contribution in [0.1, 0.15) is 39.0 Å². The Morgan fingerprint density at radius 3 is 2.17 bits per heavy atom. The van der Waals surface area contributed by atoms with Crippen molar-refractivity contribution >= 4 is 0 Å². The molecule has 0 saturated carbocycles. The van der Waals surface area contributed by atoms with E-state index in [4.69, 9.17) is 0 Å². The second-order valence-electron chi connectivity index (χ2n) is 4.20. The molecule has 2 heteroatoms. The van der Waals surface area contributed by atoms with E-state index in [1.807, 2.05) is 0 Å². The van der Waals surface area contributed by atoms with Gasteiger partial charge in [0, 0.05) is 12.8 Å². The lowest BCUT2D eigenvalue weighted by Crippen LogP contribution is -3.00. The lowest BCUT2D eigenvalue weighted by Gasteiger charge is -2.28. The van der Waals surface area contributed by atoms with E-state index in [0.29, 0.717) is 0 Å². The Kier molecular flexibility index (Phi) is 5.47. The van der Waals surface area contributed by atoms with Crippen LogP contribution in [-0.2, 0) is 0 Å². The van der Waals surface area contributed by atoms with Crippen molar-refractivity contribution in [3.8, 4) is 0 Å². The van der Waals surface area contributed by atoms with Crippen LogP contribution in [0.3, 0.4) is 0 Å². The maximum absolute atomic E-state index is 2.42. The molecule has 0 unspecified atom stereocenters. The molecular weight excluding hydrogens is 153 g/mol. The maximum Gasteiger partial charge on any atom is 0.0786 e. The van der Waals surface area contributed by atoms with Crippen molar-refractivity contribution < 1.29 is 9.19 Å². The molecule has 0 aromatic carbocycles. The molecule has 0 aliphatic carbocycles. The molecule has 1 saturated heterocycles. The topological polar surface area (TPSA) is 0 Å². The highest BCUT2D eigenvalue weighted by Gasteiger charge is 2.25. The van der Waals surface area contributed by atoms with Gasteiger partial charge in [-0.3, -0.25) is 0 Å². The van der Waals surface area contributed by atoms with Gasteiger partial charge >= 0.3 is 0 Å². The molecule has 0 aromatic heterocycles. The zero-order valence-corrected chi connectivity index (χ0v) is 8.48. The summed E-state index contributed by atoms with van der Waals surface area (Å²) in [7, 11) is 2.42. The summed E-state index contributed by atoms with van der Waals surface area (Å²) in [5.74, 6) is 0. The van der Waals surface area contributed by atoms with Crippen molar-refractivity contribution in [2.24, 2.45) is 0 Å². The largest absolute Gasteiger partial charge is 1.00 e. The average Bonchev–Trinajstić information content (AvgIpc) is 2.38. The Hall–Kier alpha value is -0.110. The normalized spacial score (nSPS) is 20.5. The number of halogens is 1. The highest BCUT2D eigenvalue weighted by atomic mass is 19.0. The van der Waals surface area contributed by atoms with E-state index in [9.17, 15) is 0 Å². The average molecular weight is 175 g/mol. The first-order valence-corrected chi connectivity index (χ1v) is 5.10. The maximum atomic E-state index is 2.42. The van der Waals surface area contributed by atoms with E-state index in [2.05, 4.69) is 14.0 Å². The molecule has 1 aliphatic heterocycles. The Bertz CT molecular complexity index is 108. The Morgan fingerprint density at radius 2 is 1.67 bits per heavy atom. The number of rotatable bonds is 4. The Balaban J connectivity index is 0.00000121. The summed E-state index contributed by atoms with van der Waals surface area (Å²) in [6, 6.07) is 0. The number of quaternary nitrogens is 1. The van der Waals surface area contributed by atoms with Crippen molar-refractivity contribution in [1.29, 1.82) is 0 Å². The zero-order chi connectivity index (χ0) is 8.16. The molecule has 0 amide bonds. The molecular formula is C10H22FN. The molecule has 0 radical (unpaired) electrons. The third-order valence-electron chi connectivity index (χ3n) is 2.95. The fourth-order valence-electron chi connectivity index (χ4n) is 2.07. The minimum Gasteiger partial charge on any atom is -1.00 e. The first kappa shape index (κ1) is 11.9. The molecule has 1 fully saturated rings. The number of unbranched alkanes of at least 4 members (excludes halogenated alkanes) is 2. The smallest absolute Gasteiger partial charge is 0.0786 e. The van der Waals surface area contributed by atoms with Crippen LogP contribution in [0.5, 0.6) is 0 Å². The fraction of sp³-hybridized carbons (Fsp3) is 1.00. The second kappa shape index (κ2) is 5.52. The molecule has 0 atom stereocenters. The summed E-state index contributed by atoms with van der Waals surface area (Å²) >= 11 is 0. The van der Waals surface area contributed by atoms with E-state index < -0.39 is 0 Å².